The molecule has 3 aromatic rings. The molecule has 0 saturated carbocycles. The average molecular weight is 488 g/mol. The van der Waals surface area contributed by atoms with Crippen molar-refractivity contribution in [2.24, 2.45) is 5.92 Å². The largest absolute Gasteiger partial charge is 0.493 e. The second kappa shape index (κ2) is 10.0. The van der Waals surface area contributed by atoms with Gasteiger partial charge in [-0.15, -0.1) is 0 Å². The number of nitrogens with one attached hydrogen (secondary N) is 1. The number of amides is 1. The maximum Gasteiger partial charge on any atom is 0.281 e. The summed E-state index contributed by atoms with van der Waals surface area (Å²) in [6, 6.07) is 11.3. The van der Waals surface area contributed by atoms with Crippen molar-refractivity contribution < 1.29 is 22.3 Å². The zero-order valence-electron chi connectivity index (χ0n) is 19.2. The number of nitrogens with zero attached hydrogens (tertiary/aromatic N) is 3. The van der Waals surface area contributed by atoms with Crippen LogP contribution in [0, 0.1) is 11.7 Å². The van der Waals surface area contributed by atoms with Gasteiger partial charge in [-0.3, -0.25) is 4.79 Å². The van der Waals surface area contributed by atoms with Crippen molar-refractivity contribution in [3.05, 3.63) is 59.9 Å². The number of carbonyl (C=O) groups is 1. The summed E-state index contributed by atoms with van der Waals surface area (Å²) in [6.07, 6.45) is 0. The molecule has 0 unspecified atom stereocenters. The number of hydrogen-bond acceptors (Lipinski definition) is 8. The number of ether oxygens (including phenoxy) is 1. The first-order chi connectivity index (χ1) is 16.0. The summed E-state index contributed by atoms with van der Waals surface area (Å²) in [6.45, 7) is 4.39. The maximum absolute atomic E-state index is 14.2. The number of halogens is 1. The van der Waals surface area contributed by atoms with Crippen molar-refractivity contribution in [1.29, 1.82) is 0 Å². The molecule has 180 valence electrons. The fourth-order valence-corrected chi connectivity index (χ4v) is 3.94. The van der Waals surface area contributed by atoms with Gasteiger partial charge in [-0.1, -0.05) is 19.9 Å². The molecule has 9 nitrogen and oxygen atoms in total. The fourth-order valence-electron chi connectivity index (χ4n) is 2.99. The maximum atomic E-state index is 14.2. The summed E-state index contributed by atoms with van der Waals surface area (Å²) in [5.74, 6) is -0.567. The zero-order valence-corrected chi connectivity index (χ0v) is 20.1. The Bertz CT molecular complexity index is 1310. The number of anilines is 2. The molecule has 0 saturated heterocycles. The van der Waals surface area contributed by atoms with Crippen LogP contribution in [-0.2, 0) is 10.0 Å². The predicted molar refractivity (Wildman–Crippen MR) is 128 cm³/mol. The van der Waals surface area contributed by atoms with E-state index in [-0.39, 0.29) is 28.1 Å². The summed E-state index contributed by atoms with van der Waals surface area (Å²) < 4.78 is 47.0. The van der Waals surface area contributed by atoms with Crippen LogP contribution in [-0.4, -0.2) is 45.0 Å². The summed E-state index contributed by atoms with van der Waals surface area (Å²) in [5.41, 5.74) is 6.39. The molecule has 3 N–H and O–H groups in total. The van der Waals surface area contributed by atoms with Gasteiger partial charge in [0.2, 0.25) is 0 Å². The molecule has 0 aliphatic rings. The van der Waals surface area contributed by atoms with E-state index in [4.69, 9.17) is 10.5 Å². The van der Waals surface area contributed by atoms with Crippen LogP contribution in [0.1, 0.15) is 24.2 Å². The van der Waals surface area contributed by atoms with Crippen LogP contribution in [0.4, 0.5) is 16.0 Å². The minimum atomic E-state index is -4.26. The van der Waals surface area contributed by atoms with Gasteiger partial charge in [-0.05, 0) is 42.3 Å². The van der Waals surface area contributed by atoms with E-state index in [2.05, 4.69) is 9.97 Å². The lowest BCUT2D eigenvalue weighted by molar-refractivity contribution is 0.0981. The molecule has 0 fully saturated rings. The van der Waals surface area contributed by atoms with Gasteiger partial charge in [-0.2, -0.15) is 8.42 Å². The number of nitrogen functional groups attached to an aromatic ring is 1. The summed E-state index contributed by atoms with van der Waals surface area (Å²) in [5, 5.41) is -0.384. The molecule has 3 rings (SSSR count). The van der Waals surface area contributed by atoms with Gasteiger partial charge in [0.15, 0.2) is 5.03 Å². The van der Waals surface area contributed by atoms with E-state index >= 15 is 0 Å². The number of aromatic nitrogens is 2. The molecular formula is C23H26FN5O4S. The smallest absolute Gasteiger partial charge is 0.281 e. The lowest BCUT2D eigenvalue weighted by atomic mass is 10.1. The van der Waals surface area contributed by atoms with Crippen molar-refractivity contribution >= 4 is 27.6 Å². The van der Waals surface area contributed by atoms with E-state index < -0.39 is 21.7 Å². The van der Waals surface area contributed by atoms with E-state index in [0.29, 0.717) is 23.6 Å². The molecular weight excluding hydrogens is 461 g/mol. The lowest BCUT2D eigenvalue weighted by Crippen LogP contribution is -2.32. The third kappa shape index (κ3) is 5.98. The number of rotatable bonds is 8. The van der Waals surface area contributed by atoms with Gasteiger partial charge in [-0.25, -0.2) is 19.1 Å². The Morgan fingerprint density at radius 2 is 1.88 bits per heavy atom. The molecule has 2 heterocycles. The number of benzene rings is 1. The number of pyridine rings is 2. The SMILES string of the molecule is CC(C)COc1cc(F)cc(-c2ccc(C(=O)NS(=O)(=O)c3cccc(N)n3)c(N(C)C)n2)c1. The minimum Gasteiger partial charge on any atom is -0.493 e. The number of hydrogen-bond donors (Lipinski definition) is 2. The predicted octanol–water partition coefficient (Wildman–Crippen LogP) is 3.08. The second-order valence-corrected chi connectivity index (χ2v) is 9.81. The quantitative estimate of drug-likeness (QED) is 0.496. The Kier molecular flexibility index (Phi) is 7.35. The van der Waals surface area contributed by atoms with Gasteiger partial charge in [0, 0.05) is 25.7 Å². The van der Waals surface area contributed by atoms with Crippen molar-refractivity contribution in [3.63, 3.8) is 0 Å². The highest BCUT2D eigenvalue weighted by Crippen LogP contribution is 2.28. The number of nitrogens with two attached hydrogens (primary N) is 1. The summed E-state index contributed by atoms with van der Waals surface area (Å²) in [7, 11) is -0.958. The van der Waals surface area contributed by atoms with E-state index in [0.717, 1.165) is 0 Å². The first-order valence-corrected chi connectivity index (χ1v) is 11.9. The molecule has 0 bridgehead atoms. The summed E-state index contributed by atoms with van der Waals surface area (Å²) >= 11 is 0. The van der Waals surface area contributed by atoms with E-state index in [1.54, 1.807) is 25.1 Å². The van der Waals surface area contributed by atoms with Gasteiger partial charge in [0.1, 0.15) is 23.2 Å². The third-order valence-corrected chi connectivity index (χ3v) is 5.77. The molecule has 0 radical (unpaired) electrons. The van der Waals surface area contributed by atoms with Crippen molar-refractivity contribution in [3.8, 4) is 17.0 Å². The Balaban J connectivity index is 1.94. The average Bonchev–Trinajstić information content (AvgIpc) is 2.76. The van der Waals surface area contributed by atoms with E-state index in [9.17, 15) is 17.6 Å². The Labute approximate surface area is 197 Å². The highest BCUT2D eigenvalue weighted by molar-refractivity contribution is 7.90. The molecule has 34 heavy (non-hydrogen) atoms. The van der Waals surface area contributed by atoms with Crippen LogP contribution in [0.5, 0.6) is 5.75 Å². The molecule has 1 aromatic carbocycles. The Hall–Kier alpha value is -3.73. The standard InChI is InChI=1S/C23H26FN5O4S/c1-14(2)13-33-17-11-15(10-16(24)12-17)19-9-8-18(22(26-19)29(3)4)23(30)28-34(31,32)21-7-5-6-20(25)27-21/h5-12,14H,13H2,1-4H3,(H2,25,27)(H,28,30). The van der Waals surface area contributed by atoms with Crippen LogP contribution in [0.2, 0.25) is 0 Å². The Morgan fingerprint density at radius 1 is 1.15 bits per heavy atom. The highest BCUT2D eigenvalue weighted by atomic mass is 32.2. The normalized spacial score (nSPS) is 11.4. The first-order valence-electron chi connectivity index (χ1n) is 10.4. The molecule has 2 aromatic heterocycles. The molecule has 1 amide bonds. The monoisotopic (exact) mass is 487 g/mol. The third-order valence-electron chi connectivity index (χ3n) is 4.54. The number of sulfonamides is 1. The Morgan fingerprint density at radius 3 is 2.53 bits per heavy atom. The fraction of sp³-hybridized carbons (Fsp3) is 0.261. The van der Waals surface area contributed by atoms with Crippen molar-refractivity contribution in [1.82, 2.24) is 14.7 Å². The number of carbonyl (C=O) groups excluding carboxylic acids is 1. The van der Waals surface area contributed by atoms with Crippen LogP contribution in [0.3, 0.4) is 0 Å². The van der Waals surface area contributed by atoms with Gasteiger partial charge < -0.3 is 15.4 Å². The van der Waals surface area contributed by atoms with Crippen molar-refractivity contribution in [2.75, 3.05) is 31.3 Å². The molecule has 0 aliphatic carbocycles. The zero-order chi connectivity index (χ0) is 25.0. The van der Waals surface area contributed by atoms with Crippen molar-refractivity contribution in [2.45, 2.75) is 18.9 Å². The molecule has 0 spiro atoms. The van der Waals surface area contributed by atoms with Gasteiger partial charge in [0.25, 0.3) is 15.9 Å². The molecule has 11 heteroatoms. The molecule has 0 atom stereocenters. The first kappa shape index (κ1) is 24.9. The lowest BCUT2D eigenvalue weighted by Gasteiger charge is -2.18. The van der Waals surface area contributed by atoms with Gasteiger partial charge >= 0.3 is 0 Å². The van der Waals surface area contributed by atoms with E-state index in [1.165, 1.54) is 42.5 Å². The highest BCUT2D eigenvalue weighted by Gasteiger charge is 2.24. The van der Waals surface area contributed by atoms with E-state index in [1.807, 2.05) is 18.6 Å². The molecule has 0 aliphatic heterocycles. The van der Waals surface area contributed by atoms with Crippen LogP contribution in [0.25, 0.3) is 11.3 Å². The second-order valence-electron chi connectivity index (χ2n) is 8.18. The topological polar surface area (TPSA) is 128 Å². The minimum absolute atomic E-state index is 0.00200. The summed E-state index contributed by atoms with van der Waals surface area (Å²) in [4.78, 5) is 22.6. The van der Waals surface area contributed by atoms with Crippen LogP contribution in [0.15, 0.2) is 53.6 Å². The van der Waals surface area contributed by atoms with Crippen LogP contribution < -0.4 is 20.1 Å². The van der Waals surface area contributed by atoms with Crippen LogP contribution >= 0.6 is 0 Å². The van der Waals surface area contributed by atoms with Gasteiger partial charge in [0.05, 0.1) is 17.9 Å².